The number of benzene rings is 2. The lowest BCUT2D eigenvalue weighted by Gasteiger charge is -2.44. The minimum atomic E-state index is -1.38. The Morgan fingerprint density at radius 2 is 1.88 bits per heavy atom. The van der Waals surface area contributed by atoms with Crippen molar-refractivity contribution in [3.8, 4) is 0 Å². The van der Waals surface area contributed by atoms with Crippen molar-refractivity contribution in [1.29, 1.82) is 0 Å². The van der Waals surface area contributed by atoms with Crippen LogP contribution in [-0.2, 0) is 20.9 Å². The number of aliphatic imine (C=N–C) groups is 1. The number of hydrogen-bond donors (Lipinski definition) is 1. The largest absolute Gasteiger partial charge is 0.350 e. The minimum absolute atomic E-state index is 0.0350. The zero-order chi connectivity index (χ0) is 24.3. The molecule has 0 aromatic heterocycles. The Morgan fingerprint density at radius 3 is 2.62 bits per heavy atom. The molecule has 1 atom stereocenters. The van der Waals surface area contributed by atoms with Gasteiger partial charge in [0.15, 0.2) is 0 Å². The van der Waals surface area contributed by atoms with Crippen molar-refractivity contribution >= 4 is 29.2 Å². The van der Waals surface area contributed by atoms with E-state index >= 15 is 0 Å². The molecular weight excluding hydrogens is 435 g/mol. The first-order chi connectivity index (χ1) is 16.3. The fourth-order valence-corrected chi connectivity index (χ4v) is 4.00. The summed E-state index contributed by atoms with van der Waals surface area (Å²) >= 11 is 0. The van der Waals surface area contributed by atoms with E-state index in [1.807, 2.05) is 31.2 Å². The summed E-state index contributed by atoms with van der Waals surface area (Å²) in [5, 5.41) is 2.79. The molecule has 7 nitrogen and oxygen atoms in total. The first kappa shape index (κ1) is 23.1. The van der Waals surface area contributed by atoms with Gasteiger partial charge >= 0.3 is 0 Å². The van der Waals surface area contributed by atoms with Gasteiger partial charge in [0.1, 0.15) is 23.7 Å². The van der Waals surface area contributed by atoms with Gasteiger partial charge in [-0.15, -0.1) is 0 Å². The lowest BCUT2D eigenvalue weighted by molar-refractivity contribution is -0.133. The number of para-hydroxylation sites is 1. The van der Waals surface area contributed by atoms with Gasteiger partial charge in [-0.3, -0.25) is 19.3 Å². The van der Waals surface area contributed by atoms with Crippen molar-refractivity contribution in [2.75, 3.05) is 11.4 Å². The smallest absolute Gasteiger partial charge is 0.254 e. The fourth-order valence-electron chi connectivity index (χ4n) is 4.00. The molecule has 2 aliphatic rings. The van der Waals surface area contributed by atoms with Crippen LogP contribution in [0.4, 0.5) is 10.1 Å². The molecule has 174 valence electrons. The van der Waals surface area contributed by atoms with Gasteiger partial charge in [-0.05, 0) is 43.7 Å². The molecule has 3 amide bonds. The van der Waals surface area contributed by atoms with E-state index in [4.69, 9.17) is 0 Å². The standard InChI is InChI=1S/C26H25FN4O3/c1-18-10-12-19(13-11-18)16-28-24(33)17-30(21-8-4-3-7-20(21)27)25(34)26(2)15-23(32)29-22-9-5-6-14-31(22)26/h3-14H,15-17H2,1-2H3,(H,28,33)/t26-/m1/s1. The first-order valence-electron chi connectivity index (χ1n) is 10.9. The average Bonchev–Trinajstić information content (AvgIpc) is 2.82. The lowest BCUT2D eigenvalue weighted by Crippen LogP contribution is -2.62. The number of hydrogen-bond acceptors (Lipinski definition) is 4. The number of fused-ring (bicyclic) bond motifs is 1. The highest BCUT2D eigenvalue weighted by molar-refractivity contribution is 6.13. The van der Waals surface area contributed by atoms with Gasteiger partial charge in [-0.25, -0.2) is 4.39 Å². The molecule has 34 heavy (non-hydrogen) atoms. The molecule has 0 radical (unpaired) electrons. The SMILES string of the molecule is Cc1ccc(CNC(=O)CN(C(=O)[C@@]2(C)CC(=O)N=C3C=CC=CN32)c2ccccc2F)cc1. The zero-order valence-electron chi connectivity index (χ0n) is 19.0. The van der Waals surface area contributed by atoms with E-state index in [0.717, 1.165) is 16.0 Å². The molecule has 0 aliphatic carbocycles. The third-order valence-corrected chi connectivity index (χ3v) is 5.87. The third-order valence-electron chi connectivity index (χ3n) is 5.87. The summed E-state index contributed by atoms with van der Waals surface area (Å²) in [6.45, 7) is 3.43. The average molecular weight is 461 g/mol. The fraction of sp³-hybridized carbons (Fsp3) is 0.231. The van der Waals surface area contributed by atoms with Gasteiger partial charge in [0.05, 0.1) is 12.1 Å². The van der Waals surface area contributed by atoms with E-state index in [1.165, 1.54) is 18.2 Å². The summed E-state index contributed by atoms with van der Waals surface area (Å²) in [6, 6.07) is 13.5. The third kappa shape index (κ3) is 4.66. The number of nitrogens with one attached hydrogen (secondary N) is 1. The number of carbonyl (C=O) groups is 3. The van der Waals surface area contributed by atoms with Crippen LogP contribution >= 0.6 is 0 Å². The van der Waals surface area contributed by atoms with Gasteiger partial charge in [0.2, 0.25) is 5.91 Å². The van der Waals surface area contributed by atoms with E-state index in [-0.39, 0.29) is 18.7 Å². The van der Waals surface area contributed by atoms with Crippen LogP contribution < -0.4 is 10.2 Å². The second-order valence-electron chi connectivity index (χ2n) is 8.49. The summed E-state index contributed by atoms with van der Waals surface area (Å²) < 4.78 is 14.8. The van der Waals surface area contributed by atoms with Crippen LogP contribution in [0.1, 0.15) is 24.5 Å². The maximum absolute atomic E-state index is 14.8. The highest BCUT2D eigenvalue weighted by Crippen LogP contribution is 2.32. The topological polar surface area (TPSA) is 82.1 Å². The number of amides is 3. The zero-order valence-corrected chi connectivity index (χ0v) is 19.0. The number of nitrogens with zero attached hydrogens (tertiary/aromatic N) is 3. The molecule has 0 saturated carbocycles. The number of halogens is 1. The van der Waals surface area contributed by atoms with Crippen molar-refractivity contribution < 1.29 is 18.8 Å². The summed E-state index contributed by atoms with van der Waals surface area (Å²) in [5.41, 5.74) is 0.590. The van der Waals surface area contributed by atoms with Crippen molar-refractivity contribution in [3.05, 3.63) is 89.9 Å². The molecule has 0 unspecified atom stereocenters. The van der Waals surface area contributed by atoms with Crippen LogP contribution in [-0.4, -0.2) is 40.5 Å². The molecule has 2 aliphatic heterocycles. The molecule has 0 fully saturated rings. The van der Waals surface area contributed by atoms with Crippen LogP contribution in [0.5, 0.6) is 0 Å². The molecule has 1 N–H and O–H groups in total. The number of allylic oxidation sites excluding steroid dienone is 2. The van der Waals surface area contributed by atoms with Gasteiger partial charge < -0.3 is 10.2 Å². The molecule has 0 bridgehead atoms. The van der Waals surface area contributed by atoms with Crippen molar-refractivity contribution in [3.63, 3.8) is 0 Å². The molecule has 2 aromatic rings. The number of aryl methyl sites for hydroxylation is 1. The Bertz CT molecular complexity index is 1220. The second kappa shape index (κ2) is 9.43. The van der Waals surface area contributed by atoms with Gasteiger partial charge in [0.25, 0.3) is 11.8 Å². The van der Waals surface area contributed by atoms with Crippen LogP contribution in [0.2, 0.25) is 0 Å². The molecule has 0 saturated heterocycles. The maximum Gasteiger partial charge on any atom is 0.254 e. The summed E-state index contributed by atoms with van der Waals surface area (Å²) in [7, 11) is 0. The Labute approximate surface area is 197 Å². The molecular formula is C26H25FN4O3. The highest BCUT2D eigenvalue weighted by Gasteiger charge is 2.48. The Balaban J connectivity index is 1.61. The van der Waals surface area contributed by atoms with Crippen LogP contribution in [0.3, 0.4) is 0 Å². The van der Waals surface area contributed by atoms with E-state index in [9.17, 15) is 18.8 Å². The van der Waals surface area contributed by atoms with Crippen LogP contribution in [0.25, 0.3) is 0 Å². The molecule has 0 spiro atoms. The second-order valence-corrected chi connectivity index (χ2v) is 8.49. The van der Waals surface area contributed by atoms with Crippen LogP contribution in [0.15, 0.2) is 78.0 Å². The first-order valence-corrected chi connectivity index (χ1v) is 10.9. The maximum atomic E-state index is 14.8. The number of anilines is 1. The van der Waals surface area contributed by atoms with Crippen LogP contribution in [0, 0.1) is 12.7 Å². The molecule has 2 aromatic carbocycles. The quantitative estimate of drug-likeness (QED) is 0.718. The lowest BCUT2D eigenvalue weighted by atomic mass is 9.90. The summed E-state index contributed by atoms with van der Waals surface area (Å²) in [6.07, 6.45) is 6.52. The molecule has 8 heteroatoms. The van der Waals surface area contributed by atoms with Crippen molar-refractivity contribution in [1.82, 2.24) is 10.2 Å². The summed E-state index contributed by atoms with van der Waals surface area (Å²) in [5.74, 6) is -1.81. The van der Waals surface area contributed by atoms with Gasteiger partial charge in [-0.2, -0.15) is 4.99 Å². The normalized spacial score (nSPS) is 18.9. The van der Waals surface area contributed by atoms with Crippen molar-refractivity contribution in [2.45, 2.75) is 32.4 Å². The molecule has 2 heterocycles. The minimum Gasteiger partial charge on any atom is -0.350 e. The van der Waals surface area contributed by atoms with Crippen molar-refractivity contribution in [2.24, 2.45) is 4.99 Å². The van der Waals surface area contributed by atoms with E-state index in [1.54, 1.807) is 42.3 Å². The Morgan fingerprint density at radius 1 is 1.15 bits per heavy atom. The summed E-state index contributed by atoms with van der Waals surface area (Å²) in [4.78, 5) is 45.8. The number of rotatable bonds is 6. The van der Waals surface area contributed by atoms with E-state index in [2.05, 4.69) is 10.3 Å². The van der Waals surface area contributed by atoms with Gasteiger partial charge in [-0.1, -0.05) is 48.0 Å². The number of carbonyl (C=O) groups excluding carboxylic acids is 3. The number of amidine groups is 1. The molecule has 4 rings (SSSR count). The van der Waals surface area contributed by atoms with E-state index < -0.39 is 35.6 Å². The van der Waals surface area contributed by atoms with Gasteiger partial charge in [0, 0.05) is 12.7 Å². The Hall–Kier alpha value is -4.07. The monoisotopic (exact) mass is 460 g/mol. The van der Waals surface area contributed by atoms with E-state index in [0.29, 0.717) is 5.84 Å². The highest BCUT2D eigenvalue weighted by atomic mass is 19.1. The predicted molar refractivity (Wildman–Crippen MR) is 127 cm³/mol. The Kier molecular flexibility index (Phi) is 6.40. The predicted octanol–water partition coefficient (Wildman–Crippen LogP) is 3.26.